The first-order valence-corrected chi connectivity index (χ1v) is 9.16. The molecule has 0 aliphatic heterocycles. The summed E-state index contributed by atoms with van der Waals surface area (Å²) in [6.45, 7) is 7.85. The van der Waals surface area contributed by atoms with E-state index in [1.807, 2.05) is 27.7 Å². The van der Waals surface area contributed by atoms with Crippen LogP contribution in [0.1, 0.15) is 50.7 Å². The van der Waals surface area contributed by atoms with E-state index in [-0.39, 0.29) is 31.8 Å². The van der Waals surface area contributed by atoms with Gasteiger partial charge in [0.1, 0.15) is 0 Å². The Morgan fingerprint density at radius 1 is 0.857 bits per heavy atom. The molecular formula is C16H12O3SSe. The molecule has 1 aliphatic carbocycles. The van der Waals surface area contributed by atoms with Crippen molar-refractivity contribution in [1.29, 1.82) is 0 Å². The van der Waals surface area contributed by atoms with Gasteiger partial charge in [-0.05, 0) is 0 Å². The molecular weight excluding hydrogens is 351 g/mol. The zero-order valence-electron chi connectivity index (χ0n) is 12.0. The van der Waals surface area contributed by atoms with E-state index in [4.69, 9.17) is 4.42 Å². The van der Waals surface area contributed by atoms with Gasteiger partial charge in [0.25, 0.3) is 0 Å². The fraction of sp³-hybridized carbons (Fsp3) is 0.250. The van der Waals surface area contributed by atoms with Crippen molar-refractivity contribution in [2.45, 2.75) is 27.7 Å². The summed E-state index contributed by atoms with van der Waals surface area (Å²) < 4.78 is 8.16. The summed E-state index contributed by atoms with van der Waals surface area (Å²) in [5.74, 6) is 0.0628. The third-order valence-corrected chi connectivity index (χ3v) is 7.16. The summed E-state index contributed by atoms with van der Waals surface area (Å²) in [6, 6.07) is 0. The maximum absolute atomic E-state index is 12.9. The Balaban J connectivity index is 2.16. The van der Waals surface area contributed by atoms with Gasteiger partial charge in [-0.1, -0.05) is 0 Å². The van der Waals surface area contributed by atoms with E-state index in [0.717, 1.165) is 25.2 Å². The number of furan rings is 1. The third kappa shape index (κ3) is 1.49. The summed E-state index contributed by atoms with van der Waals surface area (Å²) >= 11 is 1.74. The van der Waals surface area contributed by atoms with Crippen molar-refractivity contribution in [3.63, 3.8) is 0 Å². The monoisotopic (exact) mass is 364 g/mol. The Bertz CT molecular complexity index is 968. The van der Waals surface area contributed by atoms with Crippen LogP contribution in [-0.4, -0.2) is 26.1 Å². The molecule has 3 aromatic heterocycles. The second-order valence-electron chi connectivity index (χ2n) is 5.35. The second kappa shape index (κ2) is 4.07. The molecule has 4 rings (SSSR count). The van der Waals surface area contributed by atoms with Crippen LogP contribution in [0.2, 0.25) is 0 Å². The first-order valence-electron chi connectivity index (χ1n) is 6.63. The molecule has 5 heteroatoms. The molecule has 0 N–H and O–H groups in total. The van der Waals surface area contributed by atoms with Gasteiger partial charge in [-0.3, -0.25) is 0 Å². The van der Waals surface area contributed by atoms with Gasteiger partial charge >= 0.3 is 131 Å². The molecule has 3 nitrogen and oxygen atoms in total. The maximum atomic E-state index is 12.9. The Labute approximate surface area is 131 Å². The number of hydrogen-bond acceptors (Lipinski definition) is 4. The van der Waals surface area contributed by atoms with Gasteiger partial charge in [0.05, 0.1) is 0 Å². The predicted octanol–water partition coefficient (Wildman–Crippen LogP) is 3.56. The molecule has 3 heterocycles. The molecule has 1 aliphatic rings. The molecule has 0 saturated carbocycles. The molecule has 0 unspecified atom stereocenters. The summed E-state index contributed by atoms with van der Waals surface area (Å²) in [6.07, 6.45) is 0. The van der Waals surface area contributed by atoms with Gasteiger partial charge in [-0.2, -0.15) is 0 Å². The van der Waals surface area contributed by atoms with E-state index >= 15 is 0 Å². The number of rotatable bonds is 0. The van der Waals surface area contributed by atoms with Crippen molar-refractivity contribution in [1.82, 2.24) is 0 Å². The molecule has 106 valence electrons. The standard InChI is InChI=1S/C16H12O3SSe/c1-5-9-10(6(2)20-5)14(18)16-12(13(9)17)11-7(3)21-8(4)15(11)19-16/h1-4H3. The molecule has 0 aromatic carbocycles. The van der Waals surface area contributed by atoms with Crippen molar-refractivity contribution in [3.05, 3.63) is 41.1 Å². The molecule has 0 bridgehead atoms. The zero-order valence-corrected chi connectivity index (χ0v) is 14.6. The number of thiophene rings is 1. The summed E-state index contributed by atoms with van der Waals surface area (Å²) in [5.41, 5.74) is 2.38. The van der Waals surface area contributed by atoms with Crippen LogP contribution in [0.25, 0.3) is 11.0 Å². The average molecular weight is 363 g/mol. The molecule has 0 amide bonds. The van der Waals surface area contributed by atoms with Gasteiger partial charge in [0.2, 0.25) is 0 Å². The van der Waals surface area contributed by atoms with Crippen LogP contribution in [0.15, 0.2) is 4.42 Å². The van der Waals surface area contributed by atoms with E-state index < -0.39 is 0 Å². The molecule has 0 atom stereocenters. The zero-order chi connectivity index (χ0) is 15.0. The molecule has 21 heavy (non-hydrogen) atoms. The minimum absolute atomic E-state index is 0.0451. The number of fused-ring (bicyclic) bond motifs is 4. The normalized spacial score (nSPS) is 13.9. The fourth-order valence-electron chi connectivity index (χ4n) is 3.19. The summed E-state index contributed by atoms with van der Waals surface area (Å²) in [4.78, 5) is 27.5. The van der Waals surface area contributed by atoms with Crippen molar-refractivity contribution in [3.8, 4) is 0 Å². The Morgan fingerprint density at radius 2 is 1.48 bits per heavy atom. The summed E-state index contributed by atoms with van der Waals surface area (Å²) in [7, 11) is 0. The van der Waals surface area contributed by atoms with Gasteiger partial charge in [0.15, 0.2) is 0 Å². The van der Waals surface area contributed by atoms with E-state index in [2.05, 4.69) is 0 Å². The summed E-state index contributed by atoms with van der Waals surface area (Å²) in [5, 5.41) is 0.884. The first kappa shape index (κ1) is 13.3. The Hall–Kier alpha value is -1.42. The SMILES string of the molecule is Cc1sc(C)c2c1C(=O)c1oc3c(C)[se]c(C)c3c1C2=O. The fourth-order valence-corrected chi connectivity index (χ4v) is 6.32. The van der Waals surface area contributed by atoms with Crippen LogP contribution < -0.4 is 0 Å². The molecule has 0 saturated heterocycles. The van der Waals surface area contributed by atoms with E-state index in [1.54, 1.807) is 0 Å². The van der Waals surface area contributed by atoms with Crippen molar-refractivity contribution < 1.29 is 14.0 Å². The molecule has 0 spiro atoms. The average Bonchev–Trinajstić information content (AvgIpc) is 3.01. The van der Waals surface area contributed by atoms with E-state index in [0.29, 0.717) is 16.7 Å². The molecule has 0 fully saturated rings. The third-order valence-electron chi connectivity index (χ3n) is 4.03. The van der Waals surface area contributed by atoms with Crippen LogP contribution in [0.3, 0.4) is 0 Å². The van der Waals surface area contributed by atoms with Crippen LogP contribution >= 0.6 is 11.3 Å². The number of aryl methyl sites for hydroxylation is 4. The predicted molar refractivity (Wildman–Crippen MR) is 83.3 cm³/mol. The van der Waals surface area contributed by atoms with E-state index in [9.17, 15) is 9.59 Å². The van der Waals surface area contributed by atoms with Crippen molar-refractivity contribution in [2.24, 2.45) is 0 Å². The Morgan fingerprint density at radius 3 is 2.14 bits per heavy atom. The van der Waals surface area contributed by atoms with E-state index in [1.165, 1.54) is 15.8 Å². The van der Waals surface area contributed by atoms with Crippen LogP contribution in [0.4, 0.5) is 0 Å². The number of carbonyl (C=O) groups excluding carboxylic acids is 2. The second-order valence-corrected chi connectivity index (χ2v) is 9.77. The van der Waals surface area contributed by atoms with Gasteiger partial charge < -0.3 is 0 Å². The van der Waals surface area contributed by atoms with Gasteiger partial charge in [-0.25, -0.2) is 0 Å². The van der Waals surface area contributed by atoms with Crippen molar-refractivity contribution >= 4 is 48.4 Å². The number of ketones is 2. The number of hydrogen-bond donors (Lipinski definition) is 0. The van der Waals surface area contributed by atoms with Crippen LogP contribution in [0.5, 0.6) is 0 Å². The quantitative estimate of drug-likeness (QED) is 0.449. The number of carbonyl (C=O) groups is 2. The van der Waals surface area contributed by atoms with Crippen LogP contribution in [-0.2, 0) is 0 Å². The van der Waals surface area contributed by atoms with Gasteiger partial charge in [0, 0.05) is 0 Å². The topological polar surface area (TPSA) is 47.3 Å². The first-order chi connectivity index (χ1) is 9.91. The minimum atomic E-state index is -0.135. The van der Waals surface area contributed by atoms with Crippen LogP contribution in [0, 0.1) is 27.7 Å². The Kier molecular flexibility index (Phi) is 2.57. The van der Waals surface area contributed by atoms with Gasteiger partial charge in [-0.15, -0.1) is 0 Å². The molecule has 3 aromatic rings. The van der Waals surface area contributed by atoms with Crippen molar-refractivity contribution in [2.75, 3.05) is 0 Å². The molecule has 0 radical (unpaired) electrons.